The molecule has 0 aliphatic carbocycles. The second-order valence-electron chi connectivity index (χ2n) is 7.50. The van der Waals surface area contributed by atoms with Crippen LogP contribution < -0.4 is 10.3 Å². The molecule has 3 aromatic rings. The van der Waals surface area contributed by atoms with Gasteiger partial charge in [-0.2, -0.15) is 23.3 Å². The summed E-state index contributed by atoms with van der Waals surface area (Å²) in [5.74, 6) is -1.61. The zero-order chi connectivity index (χ0) is 25.2. The minimum atomic E-state index is -4.50. The normalized spacial score (nSPS) is 11.9. The number of aromatic hydroxyl groups is 1. The Bertz CT molecular complexity index is 1230. The number of alkyl halides is 3. The van der Waals surface area contributed by atoms with Gasteiger partial charge >= 0.3 is 6.18 Å². The molecule has 0 aliphatic rings. The predicted octanol–water partition coefficient (Wildman–Crippen LogP) is 4.66. The van der Waals surface area contributed by atoms with Crippen molar-refractivity contribution >= 4 is 35.2 Å². The van der Waals surface area contributed by atoms with E-state index in [9.17, 15) is 27.9 Å². The van der Waals surface area contributed by atoms with Crippen molar-refractivity contribution in [3.8, 4) is 17.0 Å². The summed E-state index contributed by atoms with van der Waals surface area (Å²) in [7, 11) is 1.48. The highest BCUT2D eigenvalue weighted by Gasteiger charge is 2.31. The van der Waals surface area contributed by atoms with E-state index in [0.29, 0.717) is 4.88 Å². The van der Waals surface area contributed by atoms with Crippen LogP contribution in [-0.2, 0) is 13.2 Å². The fourth-order valence-corrected chi connectivity index (χ4v) is 3.95. The summed E-state index contributed by atoms with van der Waals surface area (Å²) in [4.78, 5) is 25.9. The van der Waals surface area contributed by atoms with Crippen molar-refractivity contribution in [2.45, 2.75) is 33.0 Å². The van der Waals surface area contributed by atoms with Gasteiger partial charge in [0.05, 0.1) is 15.3 Å². The summed E-state index contributed by atoms with van der Waals surface area (Å²) in [5.41, 5.74) is -0.458. The van der Waals surface area contributed by atoms with E-state index in [1.807, 2.05) is 13.8 Å². The molecule has 1 aromatic carbocycles. The number of hydrogen-bond donors (Lipinski definition) is 2. The number of rotatable bonds is 6. The van der Waals surface area contributed by atoms with Crippen LogP contribution in [0.3, 0.4) is 0 Å². The van der Waals surface area contributed by atoms with Crippen LogP contribution in [-0.4, -0.2) is 39.0 Å². The van der Waals surface area contributed by atoms with E-state index in [-0.39, 0.29) is 33.9 Å². The number of thiophene rings is 1. The summed E-state index contributed by atoms with van der Waals surface area (Å²) in [6.07, 6.45) is -3.17. The van der Waals surface area contributed by atoms with Crippen LogP contribution in [0.15, 0.2) is 41.5 Å². The Labute approximate surface area is 197 Å². The maximum absolute atomic E-state index is 13.2. The second-order valence-corrected chi connectivity index (χ2v) is 8.59. The molecule has 0 fully saturated rings. The second kappa shape index (κ2) is 9.67. The zero-order valence-corrected chi connectivity index (χ0v) is 19.5. The molecule has 2 N–H and O–H groups in total. The van der Waals surface area contributed by atoms with E-state index in [4.69, 9.17) is 0 Å². The smallest absolute Gasteiger partial charge is 0.416 e. The number of hydrogen-bond acceptors (Lipinski definition) is 6. The van der Waals surface area contributed by atoms with Crippen molar-refractivity contribution in [3.05, 3.63) is 51.7 Å². The molecular weight excluding hydrogens is 471 g/mol. The van der Waals surface area contributed by atoms with Gasteiger partial charge in [-0.25, -0.2) is 0 Å². The monoisotopic (exact) mass is 493 g/mol. The lowest BCUT2D eigenvalue weighted by atomic mass is 10.1. The van der Waals surface area contributed by atoms with Gasteiger partial charge in [-0.15, -0.1) is 16.4 Å². The van der Waals surface area contributed by atoms with Gasteiger partial charge in [-0.05, 0) is 45.0 Å². The summed E-state index contributed by atoms with van der Waals surface area (Å²) < 4.78 is 39.9. The third-order valence-electron chi connectivity index (χ3n) is 4.57. The Balaban J connectivity index is 1.97. The van der Waals surface area contributed by atoms with Crippen molar-refractivity contribution in [1.29, 1.82) is 0 Å². The summed E-state index contributed by atoms with van der Waals surface area (Å²) in [6, 6.07) is 7.10. The Morgan fingerprint density at radius 3 is 2.35 bits per heavy atom. The van der Waals surface area contributed by atoms with E-state index >= 15 is 0 Å². The number of hydrazone groups is 1. The number of amides is 2. The molecule has 2 heterocycles. The fourth-order valence-electron chi connectivity index (χ4n) is 3.11. The first kappa shape index (κ1) is 25.0. The summed E-state index contributed by atoms with van der Waals surface area (Å²) >= 11 is 0.957. The molecule has 180 valence electrons. The Morgan fingerprint density at radius 2 is 1.79 bits per heavy atom. The van der Waals surface area contributed by atoms with Crippen LogP contribution in [0.5, 0.6) is 5.75 Å². The van der Waals surface area contributed by atoms with Crippen molar-refractivity contribution in [2.24, 2.45) is 12.1 Å². The molecule has 0 radical (unpaired) electrons. The van der Waals surface area contributed by atoms with Gasteiger partial charge in [0.25, 0.3) is 11.8 Å². The molecule has 2 amide bonds. The largest absolute Gasteiger partial charge is 0.503 e. The highest BCUT2D eigenvalue weighted by atomic mass is 32.1. The van der Waals surface area contributed by atoms with Crippen molar-refractivity contribution in [3.63, 3.8) is 0 Å². The fraction of sp³-hybridized carbons (Fsp3) is 0.273. The first-order valence-corrected chi connectivity index (χ1v) is 10.9. The molecular formula is C22H22F3N5O3S. The number of carbonyl (C=O) groups excluding carboxylic acids is 2. The van der Waals surface area contributed by atoms with Gasteiger partial charge in [0.2, 0.25) is 5.82 Å². The average Bonchev–Trinajstić information content (AvgIpc) is 3.36. The Kier molecular flexibility index (Phi) is 7.10. The van der Waals surface area contributed by atoms with Gasteiger partial charge in [0.15, 0.2) is 5.75 Å². The topological polar surface area (TPSA) is 99.8 Å². The quantitative estimate of drug-likeness (QED) is 0.385. The SMILES string of the molecule is CC=NN(C(=O)c1ccc(C(=O)NC(C)C)s1)c1nn(C)c(-c2ccc(C(F)(F)F)cc2)c1O. The van der Waals surface area contributed by atoms with E-state index in [2.05, 4.69) is 15.5 Å². The van der Waals surface area contributed by atoms with E-state index in [1.54, 1.807) is 6.92 Å². The number of carbonyl (C=O) groups is 2. The minimum absolute atomic E-state index is 0.0796. The lowest BCUT2D eigenvalue weighted by molar-refractivity contribution is -0.137. The number of aromatic nitrogens is 2. The molecule has 2 aromatic heterocycles. The maximum atomic E-state index is 13.2. The van der Waals surface area contributed by atoms with E-state index in [1.165, 1.54) is 42.2 Å². The Hall–Kier alpha value is -3.67. The molecule has 12 heteroatoms. The van der Waals surface area contributed by atoms with Gasteiger partial charge in [0.1, 0.15) is 5.69 Å². The third kappa shape index (κ3) is 5.11. The molecule has 0 bridgehead atoms. The van der Waals surface area contributed by atoms with Gasteiger partial charge in [0, 0.05) is 24.9 Å². The molecule has 0 atom stereocenters. The van der Waals surface area contributed by atoms with Gasteiger partial charge < -0.3 is 10.4 Å². The number of nitrogens with zero attached hydrogens (tertiary/aromatic N) is 4. The van der Waals surface area contributed by atoms with Crippen molar-refractivity contribution in [2.75, 3.05) is 5.01 Å². The molecule has 0 aliphatic heterocycles. The van der Waals surface area contributed by atoms with Crippen molar-refractivity contribution < 1.29 is 27.9 Å². The molecule has 0 unspecified atom stereocenters. The number of anilines is 1. The van der Waals surface area contributed by atoms with Crippen LogP contribution in [0.1, 0.15) is 45.7 Å². The molecule has 0 spiro atoms. The summed E-state index contributed by atoms with van der Waals surface area (Å²) in [5, 5.41) is 22.6. The molecule has 0 saturated carbocycles. The minimum Gasteiger partial charge on any atom is -0.503 e. The summed E-state index contributed by atoms with van der Waals surface area (Å²) in [6.45, 7) is 5.19. The maximum Gasteiger partial charge on any atom is 0.416 e. The third-order valence-corrected chi connectivity index (χ3v) is 5.65. The molecule has 8 nitrogen and oxygen atoms in total. The highest BCUT2D eigenvalue weighted by Crippen LogP contribution is 2.39. The van der Waals surface area contributed by atoms with Crippen LogP contribution in [0.25, 0.3) is 11.3 Å². The number of benzene rings is 1. The van der Waals surface area contributed by atoms with Gasteiger partial charge in [-0.3, -0.25) is 14.3 Å². The molecule has 34 heavy (non-hydrogen) atoms. The van der Waals surface area contributed by atoms with Crippen LogP contribution in [0.2, 0.25) is 0 Å². The van der Waals surface area contributed by atoms with E-state index < -0.39 is 23.4 Å². The zero-order valence-electron chi connectivity index (χ0n) is 18.7. The lowest BCUT2D eigenvalue weighted by Crippen LogP contribution is -2.29. The number of nitrogens with one attached hydrogen (secondary N) is 1. The standard InChI is InChI=1S/C22H22F3N5O3S/c1-5-26-30(21(33)16-11-10-15(34-16)20(32)27-12(2)3)19-18(31)17(29(4)28-19)13-6-8-14(9-7-13)22(23,24)25/h5-12,31H,1-4H3,(H,27,32). The van der Waals surface area contributed by atoms with Crippen LogP contribution >= 0.6 is 11.3 Å². The van der Waals surface area contributed by atoms with E-state index in [0.717, 1.165) is 28.5 Å². The van der Waals surface area contributed by atoms with Gasteiger partial charge in [-0.1, -0.05) is 12.1 Å². The predicted molar refractivity (Wildman–Crippen MR) is 123 cm³/mol. The number of aryl methyl sites for hydroxylation is 1. The average molecular weight is 494 g/mol. The molecule has 3 rings (SSSR count). The van der Waals surface area contributed by atoms with Crippen LogP contribution in [0.4, 0.5) is 19.0 Å². The van der Waals surface area contributed by atoms with Crippen LogP contribution in [0, 0.1) is 0 Å². The number of halogens is 3. The molecule has 0 saturated heterocycles. The first-order chi connectivity index (χ1) is 15.9. The lowest BCUT2D eigenvalue weighted by Gasteiger charge is -2.13. The van der Waals surface area contributed by atoms with Crippen molar-refractivity contribution in [1.82, 2.24) is 15.1 Å². The Morgan fingerprint density at radius 1 is 1.18 bits per heavy atom. The first-order valence-electron chi connectivity index (χ1n) is 10.1. The highest BCUT2D eigenvalue weighted by molar-refractivity contribution is 7.16.